The average molecular weight is 405 g/mol. The number of carbonyl (C=O) groups excluding carboxylic acids is 1. The van der Waals surface area contributed by atoms with Gasteiger partial charge in [0.15, 0.2) is 0 Å². The average Bonchev–Trinajstić information content (AvgIpc) is 2.68. The molecule has 3 heterocycles. The lowest BCUT2D eigenvalue weighted by Gasteiger charge is -2.24. The molecule has 4 rings (SSSR count). The smallest absolute Gasteiger partial charge is 0.252 e. The maximum absolute atomic E-state index is 12.9. The highest BCUT2D eigenvalue weighted by atomic mass is 35.5. The Hall–Kier alpha value is -2.21. The van der Waals surface area contributed by atoms with Crippen LogP contribution in [0, 0.1) is 0 Å². The first-order chi connectivity index (χ1) is 12.3. The van der Waals surface area contributed by atoms with Crippen LogP contribution in [0.25, 0.3) is 22.2 Å². The Balaban J connectivity index is 0.00000131. The second-order valence-corrected chi connectivity index (χ2v) is 6.33. The van der Waals surface area contributed by atoms with Crippen molar-refractivity contribution < 1.29 is 4.79 Å². The van der Waals surface area contributed by atoms with Crippen LogP contribution in [0.15, 0.2) is 54.9 Å². The van der Waals surface area contributed by atoms with E-state index in [1.165, 1.54) is 0 Å². The molecule has 7 heteroatoms. The van der Waals surface area contributed by atoms with Gasteiger partial charge in [0.05, 0.1) is 16.8 Å². The van der Waals surface area contributed by atoms with Gasteiger partial charge in [-0.25, -0.2) is 4.98 Å². The molecule has 0 unspecified atom stereocenters. The number of nitrogens with one attached hydrogen (secondary N) is 2. The first-order valence-electron chi connectivity index (χ1n) is 8.63. The number of piperidine rings is 1. The van der Waals surface area contributed by atoms with E-state index in [2.05, 4.69) is 15.6 Å². The summed E-state index contributed by atoms with van der Waals surface area (Å²) in [5.41, 5.74) is 3.14. The predicted octanol–water partition coefficient (Wildman–Crippen LogP) is 3.62. The van der Waals surface area contributed by atoms with E-state index in [9.17, 15) is 4.79 Å². The Morgan fingerprint density at radius 3 is 2.74 bits per heavy atom. The van der Waals surface area contributed by atoms with E-state index in [4.69, 9.17) is 4.98 Å². The van der Waals surface area contributed by atoms with Crippen molar-refractivity contribution in [2.75, 3.05) is 13.1 Å². The fraction of sp³-hybridized carbons (Fsp3) is 0.250. The number of para-hydroxylation sites is 1. The quantitative estimate of drug-likeness (QED) is 0.699. The molecule has 1 fully saturated rings. The summed E-state index contributed by atoms with van der Waals surface area (Å²) in [5, 5.41) is 7.36. The van der Waals surface area contributed by atoms with Crippen LogP contribution < -0.4 is 10.6 Å². The number of nitrogens with zero attached hydrogens (tertiary/aromatic N) is 2. The van der Waals surface area contributed by atoms with Gasteiger partial charge in [-0.2, -0.15) is 0 Å². The first kappa shape index (κ1) is 21.1. The summed E-state index contributed by atoms with van der Waals surface area (Å²) in [5.74, 6) is -0.0440. The number of amides is 1. The van der Waals surface area contributed by atoms with Gasteiger partial charge in [0.2, 0.25) is 0 Å². The predicted molar refractivity (Wildman–Crippen MR) is 113 cm³/mol. The number of pyridine rings is 2. The highest BCUT2D eigenvalue weighted by Crippen LogP contribution is 2.24. The Bertz CT molecular complexity index is 899. The monoisotopic (exact) mass is 404 g/mol. The largest absolute Gasteiger partial charge is 0.348 e. The molecule has 1 aromatic carbocycles. The Kier molecular flexibility index (Phi) is 7.54. The molecule has 1 atom stereocenters. The van der Waals surface area contributed by atoms with Crippen molar-refractivity contribution in [3.8, 4) is 11.3 Å². The lowest BCUT2D eigenvalue weighted by molar-refractivity contribution is 0.0932. The van der Waals surface area contributed by atoms with Gasteiger partial charge in [-0.05, 0) is 43.7 Å². The highest BCUT2D eigenvalue weighted by Gasteiger charge is 2.19. The van der Waals surface area contributed by atoms with Gasteiger partial charge in [0.25, 0.3) is 5.91 Å². The molecule has 5 nitrogen and oxygen atoms in total. The Morgan fingerprint density at radius 1 is 1.15 bits per heavy atom. The molecule has 142 valence electrons. The molecular formula is C20H22Cl2N4O. The van der Waals surface area contributed by atoms with Crippen LogP contribution in [0.4, 0.5) is 0 Å². The lowest BCUT2D eigenvalue weighted by atomic mass is 10.0. The van der Waals surface area contributed by atoms with Gasteiger partial charge < -0.3 is 10.6 Å². The molecule has 0 radical (unpaired) electrons. The summed E-state index contributed by atoms with van der Waals surface area (Å²) >= 11 is 0. The van der Waals surface area contributed by atoms with Crippen molar-refractivity contribution >= 4 is 41.6 Å². The third-order valence-corrected chi connectivity index (χ3v) is 4.55. The molecule has 1 aliphatic rings. The normalized spacial score (nSPS) is 16.1. The van der Waals surface area contributed by atoms with Gasteiger partial charge in [-0.1, -0.05) is 18.2 Å². The number of aromatic nitrogens is 2. The number of fused-ring (bicyclic) bond motifs is 1. The Labute approximate surface area is 170 Å². The van der Waals surface area contributed by atoms with Crippen LogP contribution >= 0.6 is 24.8 Å². The van der Waals surface area contributed by atoms with Crippen LogP contribution in [0.5, 0.6) is 0 Å². The van der Waals surface area contributed by atoms with E-state index < -0.39 is 0 Å². The summed E-state index contributed by atoms with van der Waals surface area (Å²) < 4.78 is 0. The third-order valence-electron chi connectivity index (χ3n) is 4.55. The fourth-order valence-electron chi connectivity index (χ4n) is 3.26. The van der Waals surface area contributed by atoms with Crippen molar-refractivity contribution in [2.45, 2.75) is 18.9 Å². The SMILES string of the molecule is Cl.Cl.O=C(N[C@H]1CCCNC1)c1cc(-c2cccnc2)nc2ccccc12. The van der Waals surface area contributed by atoms with Crippen LogP contribution in [0.1, 0.15) is 23.2 Å². The van der Waals surface area contributed by atoms with Crippen molar-refractivity contribution in [1.82, 2.24) is 20.6 Å². The maximum atomic E-state index is 12.9. The van der Waals surface area contributed by atoms with Gasteiger partial charge in [-0.3, -0.25) is 9.78 Å². The van der Waals surface area contributed by atoms with E-state index >= 15 is 0 Å². The van der Waals surface area contributed by atoms with Crippen LogP contribution in [0.2, 0.25) is 0 Å². The summed E-state index contributed by atoms with van der Waals surface area (Å²) in [6, 6.07) is 13.6. The lowest BCUT2D eigenvalue weighted by Crippen LogP contribution is -2.45. The molecule has 2 N–H and O–H groups in total. The topological polar surface area (TPSA) is 66.9 Å². The van der Waals surface area contributed by atoms with Gasteiger partial charge in [0.1, 0.15) is 0 Å². The van der Waals surface area contributed by atoms with Gasteiger partial charge in [-0.15, -0.1) is 24.8 Å². The number of halogens is 2. The maximum Gasteiger partial charge on any atom is 0.252 e. The van der Waals surface area contributed by atoms with Crippen LogP contribution in [-0.2, 0) is 0 Å². The first-order valence-corrected chi connectivity index (χ1v) is 8.63. The molecule has 2 aromatic heterocycles. The third kappa shape index (κ3) is 4.75. The standard InChI is InChI=1S/C20H20N4O.2ClH/c25-20(23-15-6-4-10-22-13-15)17-11-19(14-5-3-9-21-12-14)24-18-8-2-1-7-16(17)18;;/h1-3,5,7-9,11-12,15,22H,4,6,10,13H2,(H,23,25);2*1H/t15-;;/m0../s1. The summed E-state index contributed by atoms with van der Waals surface area (Å²) in [6.07, 6.45) is 5.60. The number of carbonyl (C=O) groups is 1. The van der Waals surface area contributed by atoms with Gasteiger partial charge in [0, 0.05) is 35.9 Å². The molecule has 0 aliphatic carbocycles. The van der Waals surface area contributed by atoms with E-state index in [1.807, 2.05) is 42.5 Å². The van der Waals surface area contributed by atoms with Gasteiger partial charge >= 0.3 is 0 Å². The molecule has 3 aromatic rings. The summed E-state index contributed by atoms with van der Waals surface area (Å²) in [4.78, 5) is 21.8. The van der Waals surface area contributed by atoms with E-state index in [1.54, 1.807) is 12.4 Å². The molecule has 0 bridgehead atoms. The molecule has 1 saturated heterocycles. The van der Waals surface area contributed by atoms with Crippen molar-refractivity contribution in [3.05, 3.63) is 60.4 Å². The zero-order valence-electron chi connectivity index (χ0n) is 14.7. The minimum atomic E-state index is -0.0440. The molecule has 1 amide bonds. The fourth-order valence-corrected chi connectivity index (χ4v) is 3.26. The minimum absolute atomic E-state index is 0. The number of benzene rings is 1. The zero-order valence-corrected chi connectivity index (χ0v) is 16.4. The zero-order chi connectivity index (χ0) is 17.1. The van der Waals surface area contributed by atoms with Crippen molar-refractivity contribution in [2.24, 2.45) is 0 Å². The van der Waals surface area contributed by atoms with Crippen molar-refractivity contribution in [3.63, 3.8) is 0 Å². The van der Waals surface area contributed by atoms with Crippen LogP contribution in [-0.4, -0.2) is 35.0 Å². The second-order valence-electron chi connectivity index (χ2n) is 6.33. The van der Waals surface area contributed by atoms with E-state index in [-0.39, 0.29) is 36.8 Å². The summed E-state index contributed by atoms with van der Waals surface area (Å²) in [7, 11) is 0. The van der Waals surface area contributed by atoms with Crippen LogP contribution in [0.3, 0.4) is 0 Å². The highest BCUT2D eigenvalue weighted by molar-refractivity contribution is 6.07. The van der Waals surface area contributed by atoms with Crippen molar-refractivity contribution in [1.29, 1.82) is 0 Å². The molecule has 0 spiro atoms. The number of hydrogen-bond acceptors (Lipinski definition) is 4. The molecule has 0 saturated carbocycles. The number of rotatable bonds is 3. The molecular weight excluding hydrogens is 383 g/mol. The van der Waals surface area contributed by atoms with E-state index in [0.29, 0.717) is 5.56 Å². The number of hydrogen-bond donors (Lipinski definition) is 2. The second kappa shape index (κ2) is 9.65. The minimum Gasteiger partial charge on any atom is -0.348 e. The molecule has 27 heavy (non-hydrogen) atoms. The Morgan fingerprint density at radius 2 is 2.00 bits per heavy atom. The summed E-state index contributed by atoms with van der Waals surface area (Å²) in [6.45, 7) is 1.85. The molecule has 1 aliphatic heterocycles. The van der Waals surface area contributed by atoms with E-state index in [0.717, 1.165) is 48.1 Å².